The number of fused-ring (bicyclic) bond motifs is 1. The SMILES string of the molecule is COCc1cc(N(C)CCN2C[C@@H](C)O[C@@H](C)C2)n2ncnc2n1. The molecule has 0 spiro atoms. The van der Waals surface area contributed by atoms with E-state index < -0.39 is 0 Å². The third kappa shape index (κ3) is 3.82. The summed E-state index contributed by atoms with van der Waals surface area (Å²) in [5.41, 5.74) is 0.855. The topological polar surface area (TPSA) is 68.0 Å². The van der Waals surface area contributed by atoms with Gasteiger partial charge in [0.05, 0.1) is 24.5 Å². The molecule has 0 aliphatic carbocycles. The highest BCUT2D eigenvalue weighted by molar-refractivity contribution is 5.46. The van der Waals surface area contributed by atoms with Crippen molar-refractivity contribution in [3.63, 3.8) is 0 Å². The van der Waals surface area contributed by atoms with E-state index in [4.69, 9.17) is 9.47 Å². The molecular weight excluding hydrogens is 308 g/mol. The van der Waals surface area contributed by atoms with Crippen LogP contribution in [0.4, 0.5) is 5.82 Å². The van der Waals surface area contributed by atoms with Gasteiger partial charge in [0, 0.05) is 46.4 Å². The van der Waals surface area contributed by atoms with Crippen molar-refractivity contribution >= 4 is 11.6 Å². The van der Waals surface area contributed by atoms with Crippen LogP contribution in [0.25, 0.3) is 5.78 Å². The first-order chi connectivity index (χ1) is 11.6. The molecule has 0 bridgehead atoms. The van der Waals surface area contributed by atoms with E-state index >= 15 is 0 Å². The average molecular weight is 334 g/mol. The van der Waals surface area contributed by atoms with Crippen molar-refractivity contribution in [1.29, 1.82) is 0 Å². The molecule has 0 saturated carbocycles. The third-order valence-corrected chi connectivity index (χ3v) is 4.22. The highest BCUT2D eigenvalue weighted by Crippen LogP contribution is 2.16. The van der Waals surface area contributed by atoms with Crippen molar-refractivity contribution in [1.82, 2.24) is 24.5 Å². The van der Waals surface area contributed by atoms with Gasteiger partial charge in [0.15, 0.2) is 0 Å². The third-order valence-electron chi connectivity index (χ3n) is 4.22. The van der Waals surface area contributed by atoms with Gasteiger partial charge < -0.3 is 14.4 Å². The standard InChI is InChI=1S/C16H26N6O2/c1-12-8-21(9-13(2)24-12)6-5-20(3)15-7-14(10-23-4)19-16-17-11-18-22(15)16/h7,11-13H,5-6,8-10H2,1-4H3/t12-,13+. The van der Waals surface area contributed by atoms with E-state index in [2.05, 4.69) is 45.8 Å². The zero-order valence-corrected chi connectivity index (χ0v) is 14.8. The molecule has 3 rings (SSSR count). The molecule has 0 amide bonds. The van der Waals surface area contributed by atoms with Crippen LogP contribution in [0.3, 0.4) is 0 Å². The van der Waals surface area contributed by atoms with Crippen LogP contribution in [0.2, 0.25) is 0 Å². The largest absolute Gasteiger partial charge is 0.378 e. The predicted molar refractivity (Wildman–Crippen MR) is 91.2 cm³/mol. The van der Waals surface area contributed by atoms with E-state index in [9.17, 15) is 0 Å². The fourth-order valence-electron chi connectivity index (χ4n) is 3.21. The zero-order valence-electron chi connectivity index (χ0n) is 14.8. The summed E-state index contributed by atoms with van der Waals surface area (Å²) in [5.74, 6) is 1.57. The molecule has 132 valence electrons. The summed E-state index contributed by atoms with van der Waals surface area (Å²) in [6, 6.07) is 2.01. The molecule has 2 aromatic rings. The summed E-state index contributed by atoms with van der Waals surface area (Å²) in [6.07, 6.45) is 2.10. The summed E-state index contributed by atoms with van der Waals surface area (Å²) in [7, 11) is 3.74. The highest BCUT2D eigenvalue weighted by Gasteiger charge is 2.22. The van der Waals surface area contributed by atoms with E-state index in [1.807, 2.05) is 6.07 Å². The van der Waals surface area contributed by atoms with Crippen LogP contribution < -0.4 is 4.90 Å². The van der Waals surface area contributed by atoms with Crippen LogP contribution in [-0.2, 0) is 16.1 Å². The first-order valence-electron chi connectivity index (χ1n) is 8.34. The van der Waals surface area contributed by atoms with Crippen LogP contribution >= 0.6 is 0 Å². The lowest BCUT2D eigenvalue weighted by atomic mass is 10.2. The van der Waals surface area contributed by atoms with Crippen molar-refractivity contribution in [2.75, 3.05) is 45.2 Å². The number of ether oxygens (including phenoxy) is 2. The van der Waals surface area contributed by atoms with E-state index in [1.54, 1.807) is 11.6 Å². The fraction of sp³-hybridized carbons (Fsp3) is 0.688. The van der Waals surface area contributed by atoms with E-state index in [1.165, 1.54) is 6.33 Å². The Morgan fingerprint density at radius 1 is 1.33 bits per heavy atom. The van der Waals surface area contributed by atoms with Crippen LogP contribution in [0.15, 0.2) is 12.4 Å². The summed E-state index contributed by atoms with van der Waals surface area (Å²) in [5, 5.41) is 4.29. The molecule has 0 unspecified atom stereocenters. The number of hydrogen-bond acceptors (Lipinski definition) is 7. The van der Waals surface area contributed by atoms with E-state index in [0.29, 0.717) is 12.4 Å². The molecular formula is C16H26N6O2. The Kier molecular flexibility index (Phi) is 5.27. The second-order valence-corrected chi connectivity index (χ2v) is 6.45. The number of morpholine rings is 1. The Labute approximate surface area is 142 Å². The van der Waals surface area contributed by atoms with Gasteiger partial charge in [0.2, 0.25) is 0 Å². The molecule has 2 atom stereocenters. The van der Waals surface area contributed by atoms with Crippen LogP contribution in [0, 0.1) is 0 Å². The molecule has 0 radical (unpaired) electrons. The molecule has 1 aliphatic rings. The lowest BCUT2D eigenvalue weighted by Gasteiger charge is -2.36. The van der Waals surface area contributed by atoms with Gasteiger partial charge in [-0.2, -0.15) is 14.6 Å². The lowest BCUT2D eigenvalue weighted by molar-refractivity contribution is -0.0670. The van der Waals surface area contributed by atoms with Crippen LogP contribution in [0.1, 0.15) is 19.5 Å². The van der Waals surface area contributed by atoms with Gasteiger partial charge in [0.25, 0.3) is 5.78 Å². The Balaban J connectivity index is 1.71. The Hall–Kier alpha value is -1.77. The number of nitrogens with zero attached hydrogens (tertiary/aromatic N) is 6. The first kappa shape index (κ1) is 17.1. The van der Waals surface area contributed by atoms with Crippen molar-refractivity contribution in [3.8, 4) is 0 Å². The average Bonchev–Trinajstić information content (AvgIpc) is 2.99. The van der Waals surface area contributed by atoms with Crippen molar-refractivity contribution in [2.24, 2.45) is 0 Å². The van der Waals surface area contributed by atoms with Gasteiger partial charge in [-0.05, 0) is 13.8 Å². The molecule has 8 nitrogen and oxygen atoms in total. The highest BCUT2D eigenvalue weighted by atomic mass is 16.5. The minimum Gasteiger partial charge on any atom is -0.378 e. The summed E-state index contributed by atoms with van der Waals surface area (Å²) >= 11 is 0. The van der Waals surface area contributed by atoms with Gasteiger partial charge in [-0.1, -0.05) is 0 Å². The fourth-order valence-corrected chi connectivity index (χ4v) is 3.21. The van der Waals surface area contributed by atoms with Gasteiger partial charge >= 0.3 is 0 Å². The lowest BCUT2D eigenvalue weighted by Crippen LogP contribution is -2.47. The molecule has 8 heteroatoms. The number of hydrogen-bond donors (Lipinski definition) is 0. The normalized spacial score (nSPS) is 22.2. The molecule has 1 saturated heterocycles. The maximum absolute atomic E-state index is 5.80. The zero-order chi connectivity index (χ0) is 17.1. The molecule has 1 aliphatic heterocycles. The monoisotopic (exact) mass is 334 g/mol. The summed E-state index contributed by atoms with van der Waals surface area (Å²) in [6.45, 7) is 8.54. The second-order valence-electron chi connectivity index (χ2n) is 6.45. The van der Waals surface area contributed by atoms with Crippen LogP contribution in [-0.4, -0.2) is 77.0 Å². The smallest absolute Gasteiger partial charge is 0.254 e. The predicted octanol–water partition coefficient (Wildman–Crippen LogP) is 0.816. The Bertz CT molecular complexity index is 666. The number of likely N-dealkylation sites (N-methyl/N-ethyl adjacent to an activating group) is 1. The minimum atomic E-state index is 0.287. The van der Waals surface area contributed by atoms with E-state index in [-0.39, 0.29) is 12.2 Å². The molecule has 1 fully saturated rings. The van der Waals surface area contributed by atoms with E-state index in [0.717, 1.165) is 37.7 Å². The molecule has 0 N–H and O–H groups in total. The summed E-state index contributed by atoms with van der Waals surface area (Å²) in [4.78, 5) is 13.3. The van der Waals surface area contributed by atoms with Gasteiger partial charge in [-0.15, -0.1) is 0 Å². The maximum atomic E-state index is 5.80. The molecule has 0 aromatic carbocycles. The second kappa shape index (κ2) is 7.42. The Morgan fingerprint density at radius 2 is 2.08 bits per heavy atom. The number of rotatable bonds is 6. The molecule has 3 heterocycles. The van der Waals surface area contributed by atoms with Crippen LogP contribution in [0.5, 0.6) is 0 Å². The quantitative estimate of drug-likeness (QED) is 0.774. The number of aromatic nitrogens is 4. The number of methoxy groups -OCH3 is 1. The van der Waals surface area contributed by atoms with Gasteiger partial charge in [-0.3, -0.25) is 4.90 Å². The molecule has 2 aromatic heterocycles. The number of anilines is 1. The van der Waals surface area contributed by atoms with Gasteiger partial charge in [-0.25, -0.2) is 4.98 Å². The van der Waals surface area contributed by atoms with Crippen molar-refractivity contribution < 1.29 is 9.47 Å². The molecule has 24 heavy (non-hydrogen) atoms. The first-order valence-corrected chi connectivity index (χ1v) is 8.34. The minimum absolute atomic E-state index is 0.287. The van der Waals surface area contributed by atoms with Gasteiger partial charge in [0.1, 0.15) is 12.1 Å². The Morgan fingerprint density at radius 3 is 2.79 bits per heavy atom. The summed E-state index contributed by atoms with van der Waals surface area (Å²) < 4.78 is 12.8. The van der Waals surface area contributed by atoms with Crippen molar-refractivity contribution in [3.05, 3.63) is 18.1 Å². The maximum Gasteiger partial charge on any atom is 0.254 e. The van der Waals surface area contributed by atoms with Crippen molar-refractivity contribution in [2.45, 2.75) is 32.7 Å².